The van der Waals surface area contributed by atoms with E-state index in [1.807, 2.05) is 29.2 Å². The van der Waals surface area contributed by atoms with E-state index >= 15 is 0 Å². The van der Waals surface area contributed by atoms with Crippen LogP contribution in [0.2, 0.25) is 0 Å². The summed E-state index contributed by atoms with van der Waals surface area (Å²) in [6.45, 7) is 2.41. The van der Waals surface area contributed by atoms with Gasteiger partial charge in [0.1, 0.15) is 17.6 Å². The Bertz CT molecular complexity index is 894. The number of hydrogen-bond donors (Lipinski definition) is 1. The number of aliphatic hydroxyl groups excluding tert-OH is 1. The summed E-state index contributed by atoms with van der Waals surface area (Å²) in [6, 6.07) is 7.55. The van der Waals surface area contributed by atoms with Gasteiger partial charge < -0.3 is 14.9 Å². The van der Waals surface area contributed by atoms with Gasteiger partial charge in [0.25, 0.3) is 0 Å². The third kappa shape index (κ3) is 3.61. The molecule has 2 aliphatic heterocycles. The van der Waals surface area contributed by atoms with Crippen LogP contribution in [0.3, 0.4) is 0 Å². The summed E-state index contributed by atoms with van der Waals surface area (Å²) < 4.78 is 0. The molecule has 3 heterocycles. The van der Waals surface area contributed by atoms with Gasteiger partial charge in [0.15, 0.2) is 0 Å². The molecule has 1 N–H and O–H groups in total. The summed E-state index contributed by atoms with van der Waals surface area (Å²) in [5.41, 5.74) is 1.04. The number of carbonyl (C=O) groups excluding carboxylic acids is 2. The van der Waals surface area contributed by atoms with Crippen molar-refractivity contribution in [3.63, 3.8) is 0 Å². The largest absolute Gasteiger partial charge is 0.391 e. The molecule has 5 rings (SSSR count). The van der Waals surface area contributed by atoms with Gasteiger partial charge in [0, 0.05) is 26.2 Å². The van der Waals surface area contributed by atoms with E-state index in [1.165, 1.54) is 17.6 Å². The SMILES string of the molecule is O=C(Cn1nc2ccccc2n1)N1CCC2(CC1)CC(O)CN(CC1CC1)C2=O. The molecule has 1 atom stereocenters. The summed E-state index contributed by atoms with van der Waals surface area (Å²) in [7, 11) is 0. The zero-order valence-electron chi connectivity index (χ0n) is 16.5. The van der Waals surface area contributed by atoms with Gasteiger partial charge in [-0.05, 0) is 50.2 Å². The standard InChI is InChI=1S/C21H27N5O3/c27-16-11-21(20(29)25(13-16)12-15-5-6-15)7-9-24(10-8-21)19(28)14-26-22-17-3-1-2-4-18(17)23-26/h1-4,15-16,27H,5-14H2. The highest BCUT2D eigenvalue weighted by atomic mass is 16.3. The van der Waals surface area contributed by atoms with Gasteiger partial charge in [-0.1, -0.05) is 12.1 Å². The lowest BCUT2D eigenvalue weighted by atomic mass is 9.70. The van der Waals surface area contributed by atoms with Gasteiger partial charge in [0.05, 0.1) is 11.5 Å². The minimum absolute atomic E-state index is 0.0289. The zero-order chi connectivity index (χ0) is 20.0. The van der Waals surface area contributed by atoms with Crippen molar-refractivity contribution in [3.8, 4) is 0 Å². The smallest absolute Gasteiger partial charge is 0.246 e. The first-order valence-corrected chi connectivity index (χ1v) is 10.6. The quantitative estimate of drug-likeness (QED) is 0.833. The molecule has 154 valence electrons. The molecule has 1 aromatic carbocycles. The van der Waals surface area contributed by atoms with E-state index in [2.05, 4.69) is 10.2 Å². The van der Waals surface area contributed by atoms with Crippen LogP contribution in [0.25, 0.3) is 11.0 Å². The molecule has 1 spiro atoms. The monoisotopic (exact) mass is 397 g/mol. The molecule has 29 heavy (non-hydrogen) atoms. The van der Waals surface area contributed by atoms with Crippen LogP contribution < -0.4 is 0 Å². The number of aliphatic hydroxyl groups is 1. The number of rotatable bonds is 4. The fourth-order valence-corrected chi connectivity index (χ4v) is 4.84. The number of nitrogens with zero attached hydrogens (tertiary/aromatic N) is 5. The third-order valence-electron chi connectivity index (χ3n) is 6.65. The Morgan fingerprint density at radius 1 is 1.14 bits per heavy atom. The predicted octanol–water partition coefficient (Wildman–Crippen LogP) is 1.04. The van der Waals surface area contributed by atoms with Crippen LogP contribution in [0.1, 0.15) is 32.1 Å². The van der Waals surface area contributed by atoms with Crippen LogP contribution in [-0.2, 0) is 16.1 Å². The summed E-state index contributed by atoms with van der Waals surface area (Å²) in [6.07, 6.45) is 3.65. The van der Waals surface area contributed by atoms with Crippen molar-refractivity contribution in [2.24, 2.45) is 11.3 Å². The van der Waals surface area contributed by atoms with Crippen molar-refractivity contribution in [1.82, 2.24) is 24.8 Å². The number of β-amino-alcohol motifs (C(OH)–C–C–N with tert-alkyl or cyclic N) is 1. The van der Waals surface area contributed by atoms with E-state index < -0.39 is 11.5 Å². The molecule has 3 aliphatic rings. The second-order valence-corrected chi connectivity index (χ2v) is 8.89. The average molecular weight is 397 g/mol. The van der Waals surface area contributed by atoms with Gasteiger partial charge in [-0.2, -0.15) is 15.0 Å². The molecule has 2 aromatic rings. The maximum atomic E-state index is 13.2. The van der Waals surface area contributed by atoms with E-state index in [4.69, 9.17) is 0 Å². The van der Waals surface area contributed by atoms with Crippen LogP contribution in [0.4, 0.5) is 0 Å². The fraction of sp³-hybridized carbons (Fsp3) is 0.619. The maximum absolute atomic E-state index is 13.2. The summed E-state index contributed by atoms with van der Waals surface area (Å²) in [4.78, 5) is 31.1. The Kier molecular flexibility index (Phi) is 4.53. The summed E-state index contributed by atoms with van der Waals surface area (Å²) in [5, 5.41) is 19.1. The van der Waals surface area contributed by atoms with Gasteiger partial charge in [-0.3, -0.25) is 9.59 Å². The number of piperidine rings is 2. The zero-order valence-corrected chi connectivity index (χ0v) is 16.5. The maximum Gasteiger partial charge on any atom is 0.246 e. The van der Waals surface area contributed by atoms with E-state index in [1.54, 1.807) is 4.90 Å². The molecule has 1 saturated carbocycles. The number of hydrogen-bond acceptors (Lipinski definition) is 5. The van der Waals surface area contributed by atoms with Crippen molar-refractivity contribution in [2.45, 2.75) is 44.8 Å². The first kappa shape index (κ1) is 18.5. The molecular formula is C21H27N5O3. The van der Waals surface area contributed by atoms with Crippen molar-refractivity contribution >= 4 is 22.8 Å². The molecule has 3 fully saturated rings. The Morgan fingerprint density at radius 3 is 2.41 bits per heavy atom. The lowest BCUT2D eigenvalue weighted by Crippen LogP contribution is -2.58. The van der Waals surface area contributed by atoms with Crippen molar-refractivity contribution in [2.75, 3.05) is 26.2 Å². The van der Waals surface area contributed by atoms with Gasteiger partial charge >= 0.3 is 0 Å². The summed E-state index contributed by atoms with van der Waals surface area (Å²) in [5.74, 6) is 0.764. The van der Waals surface area contributed by atoms with Crippen LogP contribution >= 0.6 is 0 Å². The Balaban J connectivity index is 1.23. The highest BCUT2D eigenvalue weighted by Crippen LogP contribution is 2.42. The average Bonchev–Trinajstić information content (AvgIpc) is 3.43. The lowest BCUT2D eigenvalue weighted by Gasteiger charge is -2.48. The molecule has 8 heteroatoms. The Morgan fingerprint density at radius 2 is 1.79 bits per heavy atom. The van der Waals surface area contributed by atoms with Crippen LogP contribution in [-0.4, -0.2) is 74.0 Å². The van der Waals surface area contributed by atoms with E-state index in [0.29, 0.717) is 44.8 Å². The fourth-order valence-electron chi connectivity index (χ4n) is 4.84. The Hall–Kier alpha value is -2.48. The second-order valence-electron chi connectivity index (χ2n) is 8.89. The molecule has 1 aromatic heterocycles. The van der Waals surface area contributed by atoms with E-state index in [0.717, 1.165) is 17.6 Å². The molecule has 2 saturated heterocycles. The molecule has 1 unspecified atom stereocenters. The predicted molar refractivity (Wildman–Crippen MR) is 106 cm³/mol. The van der Waals surface area contributed by atoms with Gasteiger partial charge in [-0.15, -0.1) is 0 Å². The van der Waals surface area contributed by atoms with Gasteiger partial charge in [0.2, 0.25) is 11.8 Å². The van der Waals surface area contributed by atoms with E-state index in [9.17, 15) is 14.7 Å². The normalized spacial score (nSPS) is 24.4. The van der Waals surface area contributed by atoms with Crippen LogP contribution in [0, 0.1) is 11.3 Å². The third-order valence-corrected chi connectivity index (χ3v) is 6.65. The van der Waals surface area contributed by atoms with Crippen molar-refractivity contribution in [1.29, 1.82) is 0 Å². The van der Waals surface area contributed by atoms with Gasteiger partial charge in [-0.25, -0.2) is 0 Å². The second kappa shape index (κ2) is 7.09. The minimum Gasteiger partial charge on any atom is -0.391 e. The number of benzene rings is 1. The van der Waals surface area contributed by atoms with Crippen molar-refractivity contribution in [3.05, 3.63) is 24.3 Å². The topological polar surface area (TPSA) is 91.6 Å². The van der Waals surface area contributed by atoms with Crippen molar-refractivity contribution < 1.29 is 14.7 Å². The number of carbonyl (C=O) groups is 2. The number of likely N-dealkylation sites (tertiary alicyclic amines) is 2. The first-order valence-electron chi connectivity index (χ1n) is 10.6. The first-order chi connectivity index (χ1) is 14.0. The van der Waals surface area contributed by atoms with E-state index in [-0.39, 0.29) is 18.4 Å². The molecular weight excluding hydrogens is 370 g/mol. The molecule has 8 nitrogen and oxygen atoms in total. The number of fused-ring (bicyclic) bond motifs is 1. The van der Waals surface area contributed by atoms with Crippen LogP contribution in [0.5, 0.6) is 0 Å². The summed E-state index contributed by atoms with van der Waals surface area (Å²) >= 11 is 0. The lowest BCUT2D eigenvalue weighted by molar-refractivity contribution is -0.159. The van der Waals surface area contributed by atoms with Crippen LogP contribution in [0.15, 0.2) is 24.3 Å². The molecule has 0 radical (unpaired) electrons. The highest BCUT2D eigenvalue weighted by Gasteiger charge is 2.49. The molecule has 2 amide bonds. The number of aromatic nitrogens is 3. The highest BCUT2D eigenvalue weighted by molar-refractivity contribution is 5.84. The molecule has 1 aliphatic carbocycles. The number of amides is 2. The Labute approximate surface area is 169 Å². The molecule has 0 bridgehead atoms. The minimum atomic E-state index is -0.512.